The molecular weight excluding hydrogens is 251 g/mol. The molecule has 1 aromatic heterocycles. The predicted molar refractivity (Wildman–Crippen MR) is 60.9 cm³/mol. The fourth-order valence-corrected chi connectivity index (χ4v) is 1.56. The highest BCUT2D eigenvalue weighted by Crippen LogP contribution is 2.25. The third kappa shape index (κ3) is 2.35. The number of hydrogen-bond donors (Lipinski definition) is 1. The number of aromatic nitrogens is 1. The molecule has 1 heterocycles. The van der Waals surface area contributed by atoms with Gasteiger partial charge in [-0.15, -0.1) is 0 Å². The van der Waals surface area contributed by atoms with Gasteiger partial charge in [-0.25, -0.2) is 4.98 Å². The number of anilines is 1. The molecule has 0 bridgehead atoms. The normalized spacial score (nSPS) is 10.1. The number of halogens is 2. The van der Waals surface area contributed by atoms with Crippen molar-refractivity contribution in [3.63, 3.8) is 0 Å². The van der Waals surface area contributed by atoms with Crippen molar-refractivity contribution < 1.29 is 9.21 Å². The van der Waals surface area contributed by atoms with E-state index in [0.717, 1.165) is 0 Å². The van der Waals surface area contributed by atoms with Crippen LogP contribution in [0.5, 0.6) is 0 Å². The Labute approximate surface area is 101 Å². The first-order valence-electron chi connectivity index (χ1n) is 4.32. The molecule has 1 aromatic carbocycles. The Hall–Kier alpha value is -1.52. The summed E-state index contributed by atoms with van der Waals surface area (Å²) in [4.78, 5) is 15.2. The summed E-state index contributed by atoms with van der Waals surface area (Å²) in [7, 11) is 0. The summed E-state index contributed by atoms with van der Waals surface area (Å²) in [6.07, 6.45) is 2.50. The number of nitrogens with zero attached hydrogens (tertiary/aromatic N) is 1. The molecule has 0 saturated heterocycles. The molecule has 0 fully saturated rings. The Kier molecular flexibility index (Phi) is 3.12. The molecule has 4 nitrogen and oxygen atoms in total. The Bertz CT molecular complexity index is 512. The molecule has 1 amide bonds. The Morgan fingerprint density at radius 1 is 1.38 bits per heavy atom. The van der Waals surface area contributed by atoms with Gasteiger partial charge in [-0.05, 0) is 18.2 Å². The Morgan fingerprint density at radius 2 is 2.19 bits per heavy atom. The zero-order chi connectivity index (χ0) is 11.5. The summed E-state index contributed by atoms with van der Waals surface area (Å²) >= 11 is 11.6. The maximum Gasteiger partial charge on any atom is 0.293 e. The summed E-state index contributed by atoms with van der Waals surface area (Å²) in [5.41, 5.74) is 0.465. The lowest BCUT2D eigenvalue weighted by atomic mass is 10.3. The summed E-state index contributed by atoms with van der Waals surface area (Å²) in [6.45, 7) is 0. The lowest BCUT2D eigenvalue weighted by Gasteiger charge is -2.05. The van der Waals surface area contributed by atoms with Gasteiger partial charge in [-0.2, -0.15) is 0 Å². The van der Waals surface area contributed by atoms with E-state index in [1.807, 2.05) is 0 Å². The van der Waals surface area contributed by atoms with Gasteiger partial charge in [0.2, 0.25) is 5.76 Å². The van der Waals surface area contributed by atoms with Crippen LogP contribution in [0.2, 0.25) is 10.0 Å². The molecule has 6 heteroatoms. The molecule has 2 aromatic rings. The van der Waals surface area contributed by atoms with Gasteiger partial charge in [0.1, 0.15) is 0 Å². The number of oxazole rings is 1. The van der Waals surface area contributed by atoms with Crippen LogP contribution in [0, 0.1) is 0 Å². The van der Waals surface area contributed by atoms with Gasteiger partial charge in [-0.3, -0.25) is 4.79 Å². The first-order chi connectivity index (χ1) is 7.66. The SMILES string of the molecule is O=C(Nc1ccc(Cl)cc1Cl)c1cnco1. The summed E-state index contributed by atoms with van der Waals surface area (Å²) < 4.78 is 4.84. The molecule has 16 heavy (non-hydrogen) atoms. The van der Waals surface area contributed by atoms with E-state index in [9.17, 15) is 4.79 Å². The molecule has 0 spiro atoms. The van der Waals surface area contributed by atoms with Gasteiger partial charge in [0.05, 0.1) is 16.9 Å². The second-order valence-corrected chi connectivity index (χ2v) is 3.79. The molecule has 2 rings (SSSR count). The maximum absolute atomic E-state index is 11.6. The average molecular weight is 257 g/mol. The van der Waals surface area contributed by atoms with Gasteiger partial charge in [-0.1, -0.05) is 23.2 Å². The van der Waals surface area contributed by atoms with Crippen molar-refractivity contribution >= 4 is 34.8 Å². The van der Waals surface area contributed by atoms with Gasteiger partial charge >= 0.3 is 0 Å². The molecule has 0 aliphatic carbocycles. The number of benzene rings is 1. The standard InChI is InChI=1S/C10H6Cl2N2O2/c11-6-1-2-8(7(12)3-6)14-10(15)9-4-13-5-16-9/h1-5H,(H,14,15). The molecular formula is C10H6Cl2N2O2. The van der Waals surface area contributed by atoms with Crippen LogP contribution < -0.4 is 5.32 Å². The molecule has 1 N–H and O–H groups in total. The third-order valence-electron chi connectivity index (χ3n) is 1.84. The van der Waals surface area contributed by atoms with Crippen LogP contribution in [-0.4, -0.2) is 10.9 Å². The van der Waals surface area contributed by atoms with Crippen LogP contribution in [0.4, 0.5) is 5.69 Å². The number of carbonyl (C=O) groups is 1. The summed E-state index contributed by atoms with van der Waals surface area (Å²) in [5, 5.41) is 3.44. The molecule has 0 aliphatic heterocycles. The van der Waals surface area contributed by atoms with Crippen molar-refractivity contribution in [2.24, 2.45) is 0 Å². The monoisotopic (exact) mass is 256 g/mol. The topological polar surface area (TPSA) is 55.1 Å². The first-order valence-corrected chi connectivity index (χ1v) is 5.07. The number of rotatable bonds is 2. The molecule has 0 atom stereocenters. The van der Waals surface area contributed by atoms with Crippen LogP contribution in [0.15, 0.2) is 35.2 Å². The highest BCUT2D eigenvalue weighted by molar-refractivity contribution is 6.36. The summed E-state index contributed by atoms with van der Waals surface area (Å²) in [6, 6.07) is 4.78. The van der Waals surface area contributed by atoms with Gasteiger partial charge in [0.15, 0.2) is 6.39 Å². The van der Waals surface area contributed by atoms with E-state index < -0.39 is 5.91 Å². The lowest BCUT2D eigenvalue weighted by Crippen LogP contribution is -2.11. The van der Waals surface area contributed by atoms with Crippen molar-refractivity contribution in [3.05, 3.63) is 46.6 Å². The van der Waals surface area contributed by atoms with Crippen LogP contribution in [0.3, 0.4) is 0 Å². The minimum Gasteiger partial charge on any atom is -0.438 e. The van der Waals surface area contributed by atoms with Crippen molar-refractivity contribution in [2.45, 2.75) is 0 Å². The van der Waals surface area contributed by atoms with Crippen LogP contribution >= 0.6 is 23.2 Å². The fraction of sp³-hybridized carbons (Fsp3) is 0. The number of hydrogen-bond acceptors (Lipinski definition) is 3. The highest BCUT2D eigenvalue weighted by Gasteiger charge is 2.11. The van der Waals surface area contributed by atoms with E-state index in [1.54, 1.807) is 18.2 Å². The summed E-state index contributed by atoms with van der Waals surface area (Å²) in [5.74, 6) is -0.298. The number of amides is 1. The van der Waals surface area contributed by atoms with E-state index in [2.05, 4.69) is 10.3 Å². The number of nitrogens with one attached hydrogen (secondary N) is 1. The number of carbonyl (C=O) groups excluding carboxylic acids is 1. The molecule has 0 aliphatic rings. The minimum atomic E-state index is -0.415. The van der Waals surface area contributed by atoms with Crippen LogP contribution in [0.1, 0.15) is 10.6 Å². The van der Waals surface area contributed by atoms with Crippen molar-refractivity contribution in [3.8, 4) is 0 Å². The maximum atomic E-state index is 11.6. The van der Waals surface area contributed by atoms with Crippen LogP contribution in [0.25, 0.3) is 0 Å². The zero-order valence-electron chi connectivity index (χ0n) is 7.91. The lowest BCUT2D eigenvalue weighted by molar-refractivity contribution is 0.0996. The molecule has 0 unspecified atom stereocenters. The van der Waals surface area contributed by atoms with E-state index in [0.29, 0.717) is 15.7 Å². The average Bonchev–Trinajstić information content (AvgIpc) is 2.75. The Morgan fingerprint density at radius 3 is 2.81 bits per heavy atom. The van der Waals surface area contributed by atoms with Gasteiger partial charge in [0.25, 0.3) is 5.91 Å². The Balaban J connectivity index is 2.18. The quantitative estimate of drug-likeness (QED) is 0.898. The molecule has 0 saturated carbocycles. The zero-order valence-corrected chi connectivity index (χ0v) is 9.42. The first kappa shape index (κ1) is 11.0. The smallest absolute Gasteiger partial charge is 0.293 e. The highest BCUT2D eigenvalue weighted by atomic mass is 35.5. The van der Waals surface area contributed by atoms with Gasteiger partial charge in [0, 0.05) is 5.02 Å². The van der Waals surface area contributed by atoms with E-state index in [4.69, 9.17) is 27.6 Å². The fourth-order valence-electron chi connectivity index (χ4n) is 1.10. The largest absolute Gasteiger partial charge is 0.438 e. The van der Waals surface area contributed by atoms with Crippen molar-refractivity contribution in [1.82, 2.24) is 4.98 Å². The molecule has 82 valence electrons. The predicted octanol–water partition coefficient (Wildman–Crippen LogP) is 3.23. The van der Waals surface area contributed by atoms with E-state index in [1.165, 1.54) is 12.6 Å². The van der Waals surface area contributed by atoms with E-state index in [-0.39, 0.29) is 5.76 Å². The van der Waals surface area contributed by atoms with Gasteiger partial charge < -0.3 is 9.73 Å². The third-order valence-corrected chi connectivity index (χ3v) is 2.38. The van der Waals surface area contributed by atoms with Crippen molar-refractivity contribution in [2.75, 3.05) is 5.32 Å². The van der Waals surface area contributed by atoms with E-state index >= 15 is 0 Å². The second-order valence-electron chi connectivity index (χ2n) is 2.94. The molecule has 0 radical (unpaired) electrons. The van der Waals surface area contributed by atoms with Crippen LogP contribution in [-0.2, 0) is 0 Å². The van der Waals surface area contributed by atoms with Crippen molar-refractivity contribution in [1.29, 1.82) is 0 Å². The second kappa shape index (κ2) is 4.55. The minimum absolute atomic E-state index is 0.117.